The molecule has 1 N–H and O–H groups in total. The van der Waals surface area contributed by atoms with E-state index in [9.17, 15) is 9.59 Å². The summed E-state index contributed by atoms with van der Waals surface area (Å²) in [4.78, 5) is 32.7. The van der Waals surface area contributed by atoms with Gasteiger partial charge in [0.25, 0.3) is 17.8 Å². The molecular weight excluding hydrogens is 475 g/mol. The van der Waals surface area contributed by atoms with E-state index in [2.05, 4.69) is 10.3 Å². The van der Waals surface area contributed by atoms with Gasteiger partial charge in [-0.2, -0.15) is 4.98 Å². The lowest BCUT2D eigenvalue weighted by Crippen LogP contribution is -2.41. The van der Waals surface area contributed by atoms with Gasteiger partial charge in [0.2, 0.25) is 0 Å². The zero-order chi connectivity index (χ0) is 26.1. The van der Waals surface area contributed by atoms with E-state index in [1.54, 1.807) is 37.2 Å². The molecule has 2 amide bonds. The van der Waals surface area contributed by atoms with Crippen LogP contribution in [0, 0.1) is 12.7 Å². The van der Waals surface area contributed by atoms with E-state index in [0.717, 1.165) is 11.3 Å². The molecule has 0 radical (unpaired) electrons. The minimum absolute atomic E-state index is 0.0318. The fourth-order valence-corrected chi connectivity index (χ4v) is 4.37. The number of morpholine rings is 1. The maximum Gasteiger partial charge on any atom is 0.300 e. The Morgan fingerprint density at radius 2 is 1.78 bits per heavy atom. The number of amides is 2. The van der Waals surface area contributed by atoms with Gasteiger partial charge in [0.15, 0.2) is 5.58 Å². The normalized spacial score (nSPS) is 13.6. The Balaban J connectivity index is 1.41. The molecular formula is C28H27FN4O4. The van der Waals surface area contributed by atoms with E-state index in [1.165, 1.54) is 17.0 Å². The van der Waals surface area contributed by atoms with E-state index < -0.39 is 5.82 Å². The van der Waals surface area contributed by atoms with Crippen molar-refractivity contribution < 1.29 is 23.1 Å². The Hall–Kier alpha value is -4.24. The molecule has 3 aromatic carbocycles. The number of hydrogen-bond acceptors (Lipinski definition) is 6. The Morgan fingerprint density at radius 1 is 1.03 bits per heavy atom. The molecule has 4 aromatic rings. The first-order valence-corrected chi connectivity index (χ1v) is 12.0. The van der Waals surface area contributed by atoms with Crippen LogP contribution >= 0.6 is 0 Å². The topological polar surface area (TPSA) is 87.9 Å². The van der Waals surface area contributed by atoms with E-state index in [0.29, 0.717) is 54.1 Å². The van der Waals surface area contributed by atoms with Gasteiger partial charge in [0.1, 0.15) is 11.3 Å². The summed E-state index contributed by atoms with van der Waals surface area (Å²) in [6.45, 7) is 3.66. The summed E-state index contributed by atoms with van der Waals surface area (Å²) in [5.41, 5.74) is 4.52. The number of aryl methyl sites for hydroxylation is 1. The molecule has 1 aliphatic heterocycles. The summed E-state index contributed by atoms with van der Waals surface area (Å²) in [5.74, 6) is -1.00. The van der Waals surface area contributed by atoms with Crippen LogP contribution in [0.15, 0.2) is 59.0 Å². The van der Waals surface area contributed by atoms with Crippen LogP contribution in [0.4, 0.5) is 16.1 Å². The smallest absolute Gasteiger partial charge is 0.300 e. The third-order valence-electron chi connectivity index (χ3n) is 6.34. The molecule has 0 aliphatic carbocycles. The van der Waals surface area contributed by atoms with Gasteiger partial charge in [-0.05, 0) is 54.4 Å². The minimum Gasteiger partial charge on any atom is -0.423 e. The van der Waals surface area contributed by atoms with Crippen molar-refractivity contribution in [3.8, 4) is 11.1 Å². The van der Waals surface area contributed by atoms with Gasteiger partial charge < -0.3 is 24.3 Å². The number of carbonyl (C=O) groups excluding carboxylic acids is 2. The number of fused-ring (bicyclic) bond motifs is 1. The number of benzene rings is 3. The third-order valence-corrected chi connectivity index (χ3v) is 6.34. The van der Waals surface area contributed by atoms with E-state index in [4.69, 9.17) is 9.15 Å². The van der Waals surface area contributed by atoms with Crippen LogP contribution in [0.1, 0.15) is 26.3 Å². The number of anilines is 2. The van der Waals surface area contributed by atoms with Gasteiger partial charge in [-0.25, -0.2) is 4.39 Å². The van der Waals surface area contributed by atoms with Crippen molar-refractivity contribution in [1.29, 1.82) is 0 Å². The van der Waals surface area contributed by atoms with Gasteiger partial charge in [-0.15, -0.1) is 0 Å². The first-order chi connectivity index (χ1) is 17.8. The molecule has 9 heteroatoms. The first kappa shape index (κ1) is 24.5. The summed E-state index contributed by atoms with van der Waals surface area (Å²) < 4.78 is 26.3. The fraction of sp³-hybridized carbons (Fsp3) is 0.250. The van der Waals surface area contributed by atoms with E-state index in [-0.39, 0.29) is 23.4 Å². The lowest BCUT2D eigenvalue weighted by atomic mass is 10.0. The van der Waals surface area contributed by atoms with Crippen LogP contribution in [0.2, 0.25) is 0 Å². The largest absolute Gasteiger partial charge is 0.423 e. The number of nitrogens with one attached hydrogen (secondary N) is 1. The predicted molar refractivity (Wildman–Crippen MR) is 139 cm³/mol. The molecule has 5 rings (SSSR count). The summed E-state index contributed by atoms with van der Waals surface area (Å²) in [7, 11) is 3.43. The van der Waals surface area contributed by atoms with Crippen LogP contribution < -0.4 is 5.32 Å². The summed E-state index contributed by atoms with van der Waals surface area (Å²) in [5, 5.41) is 3.14. The second kappa shape index (κ2) is 10.0. The average Bonchev–Trinajstić information content (AvgIpc) is 3.31. The number of rotatable bonds is 5. The number of nitrogens with zero attached hydrogens (tertiary/aromatic N) is 3. The third kappa shape index (κ3) is 4.90. The maximum atomic E-state index is 15.0. The highest BCUT2D eigenvalue weighted by Gasteiger charge is 2.22. The molecule has 190 valence electrons. The molecule has 0 atom stereocenters. The molecule has 1 aromatic heterocycles. The van der Waals surface area contributed by atoms with Crippen molar-refractivity contribution in [2.45, 2.75) is 6.92 Å². The molecule has 0 spiro atoms. The molecule has 8 nitrogen and oxygen atoms in total. The molecule has 1 aliphatic rings. The monoisotopic (exact) mass is 502 g/mol. The van der Waals surface area contributed by atoms with Crippen molar-refractivity contribution >= 4 is 34.6 Å². The highest BCUT2D eigenvalue weighted by molar-refractivity contribution is 5.97. The fourth-order valence-electron chi connectivity index (χ4n) is 4.37. The zero-order valence-corrected chi connectivity index (χ0v) is 20.9. The second-order valence-corrected chi connectivity index (χ2v) is 9.13. The van der Waals surface area contributed by atoms with Crippen LogP contribution in [0.5, 0.6) is 0 Å². The minimum atomic E-state index is -0.591. The standard InChI is InChI=1S/C28H27FN4O4/c1-17-15-19(8-10-20(17)26(34)32(2)3)30-28-31-24-6-4-5-21(25(24)37-28)18-7-9-22(23(29)16-18)27(35)33-11-13-36-14-12-33/h4-10,15-16H,11-14H2,1-3H3,(H,30,31). The lowest BCUT2D eigenvalue weighted by molar-refractivity contribution is 0.0300. The maximum absolute atomic E-state index is 15.0. The summed E-state index contributed by atoms with van der Waals surface area (Å²) in [6, 6.07) is 15.7. The number of hydrogen-bond donors (Lipinski definition) is 1. The van der Waals surface area contributed by atoms with Crippen molar-refractivity contribution in [2.24, 2.45) is 0 Å². The number of ether oxygens (including phenoxy) is 1. The first-order valence-electron chi connectivity index (χ1n) is 12.0. The van der Waals surface area contributed by atoms with E-state index >= 15 is 4.39 Å². The molecule has 37 heavy (non-hydrogen) atoms. The number of carbonyl (C=O) groups is 2. The summed E-state index contributed by atoms with van der Waals surface area (Å²) in [6.07, 6.45) is 0. The molecule has 1 fully saturated rings. The Morgan fingerprint density at radius 3 is 2.49 bits per heavy atom. The SMILES string of the molecule is Cc1cc(Nc2nc3cccc(-c4ccc(C(=O)N5CCOCC5)c(F)c4)c3o2)ccc1C(=O)N(C)C. The van der Waals surface area contributed by atoms with Crippen molar-refractivity contribution in [1.82, 2.24) is 14.8 Å². The summed E-state index contributed by atoms with van der Waals surface area (Å²) >= 11 is 0. The van der Waals surface area contributed by atoms with Crippen LogP contribution in [-0.2, 0) is 4.74 Å². The zero-order valence-electron chi connectivity index (χ0n) is 20.9. The highest BCUT2D eigenvalue weighted by atomic mass is 19.1. The van der Waals surface area contributed by atoms with Gasteiger partial charge in [0, 0.05) is 44.0 Å². The molecule has 1 saturated heterocycles. The Kier molecular flexibility index (Phi) is 6.62. The van der Waals surface area contributed by atoms with Crippen molar-refractivity contribution in [2.75, 3.05) is 45.7 Å². The lowest BCUT2D eigenvalue weighted by Gasteiger charge is -2.27. The van der Waals surface area contributed by atoms with Crippen LogP contribution in [0.3, 0.4) is 0 Å². The number of para-hydroxylation sites is 1. The Labute approximate surface area is 213 Å². The van der Waals surface area contributed by atoms with Crippen molar-refractivity contribution in [3.05, 3.63) is 77.1 Å². The quantitative estimate of drug-likeness (QED) is 0.419. The highest BCUT2D eigenvalue weighted by Crippen LogP contribution is 2.33. The number of halogens is 1. The Bertz CT molecular complexity index is 1490. The van der Waals surface area contributed by atoms with Gasteiger partial charge in [-0.3, -0.25) is 9.59 Å². The molecule has 0 unspecified atom stereocenters. The molecule has 0 saturated carbocycles. The van der Waals surface area contributed by atoms with E-state index in [1.807, 2.05) is 31.2 Å². The van der Waals surface area contributed by atoms with Gasteiger partial charge >= 0.3 is 0 Å². The van der Waals surface area contributed by atoms with Gasteiger partial charge in [-0.1, -0.05) is 18.2 Å². The molecule has 0 bridgehead atoms. The van der Waals surface area contributed by atoms with Gasteiger partial charge in [0.05, 0.1) is 18.8 Å². The predicted octanol–water partition coefficient (Wildman–Crippen LogP) is 4.86. The second-order valence-electron chi connectivity index (χ2n) is 9.13. The van der Waals surface area contributed by atoms with Crippen molar-refractivity contribution in [3.63, 3.8) is 0 Å². The van der Waals surface area contributed by atoms with Crippen LogP contribution in [0.25, 0.3) is 22.2 Å². The number of oxazole rings is 1. The van der Waals surface area contributed by atoms with Crippen LogP contribution in [-0.4, -0.2) is 67.0 Å². The molecule has 2 heterocycles. The average molecular weight is 503 g/mol. The number of aromatic nitrogens is 1.